The molecule has 1 saturated carbocycles. The van der Waals surface area contributed by atoms with Crippen molar-refractivity contribution in [1.82, 2.24) is 10.2 Å². The normalized spacial score (nSPS) is 31.9. The zero-order valence-electron chi connectivity index (χ0n) is 11.8. The summed E-state index contributed by atoms with van der Waals surface area (Å²) < 4.78 is 0. The molecular formula is C15H30N2. The molecule has 0 aromatic carbocycles. The Kier molecular flexibility index (Phi) is 5.30. The van der Waals surface area contributed by atoms with Crippen molar-refractivity contribution < 1.29 is 0 Å². The van der Waals surface area contributed by atoms with E-state index >= 15 is 0 Å². The number of likely N-dealkylation sites (N-methyl/N-ethyl adjacent to an activating group) is 1. The molecule has 2 aliphatic rings. The van der Waals surface area contributed by atoms with Crippen molar-refractivity contribution in [2.75, 3.05) is 19.6 Å². The highest BCUT2D eigenvalue weighted by Gasteiger charge is 2.25. The van der Waals surface area contributed by atoms with E-state index in [4.69, 9.17) is 0 Å². The van der Waals surface area contributed by atoms with Gasteiger partial charge in [0.05, 0.1) is 0 Å². The molecule has 0 aromatic rings. The molecule has 1 heterocycles. The van der Waals surface area contributed by atoms with E-state index in [2.05, 4.69) is 24.1 Å². The molecule has 1 N–H and O–H groups in total. The second kappa shape index (κ2) is 6.75. The number of piperidine rings is 1. The molecule has 17 heavy (non-hydrogen) atoms. The summed E-state index contributed by atoms with van der Waals surface area (Å²) in [5.41, 5.74) is 0. The topological polar surface area (TPSA) is 15.3 Å². The van der Waals surface area contributed by atoms with E-state index in [1.54, 1.807) is 0 Å². The molecule has 2 heteroatoms. The summed E-state index contributed by atoms with van der Waals surface area (Å²) >= 11 is 0. The lowest BCUT2D eigenvalue weighted by Gasteiger charge is -2.38. The third-order valence-corrected chi connectivity index (χ3v) is 4.71. The highest BCUT2D eigenvalue weighted by atomic mass is 15.2. The van der Waals surface area contributed by atoms with Crippen molar-refractivity contribution in [3.05, 3.63) is 0 Å². The van der Waals surface area contributed by atoms with Gasteiger partial charge in [-0.25, -0.2) is 0 Å². The summed E-state index contributed by atoms with van der Waals surface area (Å²) in [6.07, 6.45) is 10.00. The van der Waals surface area contributed by atoms with Gasteiger partial charge in [-0.2, -0.15) is 0 Å². The third kappa shape index (κ3) is 3.96. The second-order valence-electron chi connectivity index (χ2n) is 6.16. The van der Waals surface area contributed by atoms with Crippen LogP contribution in [0.5, 0.6) is 0 Å². The van der Waals surface area contributed by atoms with Crippen LogP contribution in [-0.4, -0.2) is 36.6 Å². The fraction of sp³-hybridized carbons (Fsp3) is 1.00. The van der Waals surface area contributed by atoms with Crippen molar-refractivity contribution >= 4 is 0 Å². The Morgan fingerprint density at radius 3 is 2.53 bits per heavy atom. The zero-order valence-corrected chi connectivity index (χ0v) is 11.8. The van der Waals surface area contributed by atoms with E-state index in [9.17, 15) is 0 Å². The van der Waals surface area contributed by atoms with Gasteiger partial charge in [-0.05, 0) is 44.7 Å². The molecule has 2 fully saturated rings. The number of hydrogen-bond donors (Lipinski definition) is 1. The second-order valence-corrected chi connectivity index (χ2v) is 6.16. The average Bonchev–Trinajstić information content (AvgIpc) is 2.37. The van der Waals surface area contributed by atoms with Gasteiger partial charge in [-0.15, -0.1) is 0 Å². The van der Waals surface area contributed by atoms with Crippen LogP contribution in [0.2, 0.25) is 0 Å². The average molecular weight is 238 g/mol. The van der Waals surface area contributed by atoms with Gasteiger partial charge in [0, 0.05) is 18.6 Å². The lowest BCUT2D eigenvalue weighted by atomic mass is 9.91. The first-order chi connectivity index (χ1) is 8.29. The molecule has 0 radical (unpaired) electrons. The van der Waals surface area contributed by atoms with E-state index in [0.29, 0.717) is 0 Å². The van der Waals surface area contributed by atoms with Crippen molar-refractivity contribution in [3.8, 4) is 0 Å². The van der Waals surface area contributed by atoms with Crippen LogP contribution in [0.4, 0.5) is 0 Å². The lowest BCUT2D eigenvalue weighted by Crippen LogP contribution is -2.48. The van der Waals surface area contributed by atoms with Crippen molar-refractivity contribution in [1.29, 1.82) is 0 Å². The van der Waals surface area contributed by atoms with Gasteiger partial charge in [0.2, 0.25) is 0 Å². The van der Waals surface area contributed by atoms with E-state index in [0.717, 1.165) is 18.0 Å². The van der Waals surface area contributed by atoms with Crippen LogP contribution in [0.1, 0.15) is 58.8 Å². The van der Waals surface area contributed by atoms with Crippen molar-refractivity contribution in [2.24, 2.45) is 5.92 Å². The Morgan fingerprint density at radius 1 is 1.12 bits per heavy atom. The van der Waals surface area contributed by atoms with Crippen LogP contribution < -0.4 is 5.32 Å². The maximum absolute atomic E-state index is 3.71. The van der Waals surface area contributed by atoms with Crippen LogP contribution >= 0.6 is 0 Å². The molecular weight excluding hydrogens is 208 g/mol. The fourth-order valence-corrected chi connectivity index (χ4v) is 3.63. The first kappa shape index (κ1) is 13.4. The van der Waals surface area contributed by atoms with Crippen molar-refractivity contribution in [2.45, 2.75) is 70.9 Å². The smallest absolute Gasteiger partial charge is 0.0197 e. The largest absolute Gasteiger partial charge is 0.313 e. The van der Waals surface area contributed by atoms with Gasteiger partial charge in [0.25, 0.3) is 0 Å². The minimum atomic E-state index is 0.751. The first-order valence-electron chi connectivity index (χ1n) is 7.77. The molecule has 100 valence electrons. The van der Waals surface area contributed by atoms with Gasteiger partial charge in [0.1, 0.15) is 0 Å². The number of rotatable bonds is 4. The molecule has 1 aliphatic carbocycles. The van der Waals surface area contributed by atoms with Gasteiger partial charge in [-0.1, -0.05) is 33.1 Å². The lowest BCUT2D eigenvalue weighted by molar-refractivity contribution is 0.134. The van der Waals surface area contributed by atoms with Gasteiger partial charge in [-0.3, -0.25) is 4.90 Å². The maximum atomic E-state index is 3.71. The van der Waals surface area contributed by atoms with Gasteiger partial charge < -0.3 is 5.32 Å². The molecule has 1 saturated heterocycles. The fourth-order valence-electron chi connectivity index (χ4n) is 3.63. The third-order valence-electron chi connectivity index (χ3n) is 4.71. The molecule has 2 rings (SSSR count). The van der Waals surface area contributed by atoms with Crippen LogP contribution in [-0.2, 0) is 0 Å². The summed E-state index contributed by atoms with van der Waals surface area (Å²) in [6, 6.07) is 1.63. The van der Waals surface area contributed by atoms with E-state index in [1.807, 2.05) is 0 Å². The minimum Gasteiger partial charge on any atom is -0.313 e. The number of hydrogen-bond acceptors (Lipinski definition) is 2. The van der Waals surface area contributed by atoms with E-state index in [-0.39, 0.29) is 0 Å². The Labute approximate surface area is 107 Å². The zero-order chi connectivity index (χ0) is 12.1. The molecule has 0 bridgehead atoms. The van der Waals surface area contributed by atoms with Crippen molar-refractivity contribution in [3.63, 3.8) is 0 Å². The Hall–Kier alpha value is -0.0800. The van der Waals surface area contributed by atoms with Crippen LogP contribution in [0.15, 0.2) is 0 Å². The summed E-state index contributed by atoms with van der Waals surface area (Å²) in [4.78, 5) is 2.74. The van der Waals surface area contributed by atoms with E-state index in [1.165, 1.54) is 64.6 Å². The highest BCUT2D eigenvalue weighted by Crippen LogP contribution is 2.24. The SMILES string of the molecule is CCN(CC1CC(C)CCN1)C1CCCCC1. The maximum Gasteiger partial charge on any atom is 0.0197 e. The Balaban J connectivity index is 1.81. The summed E-state index contributed by atoms with van der Waals surface area (Å²) in [5, 5.41) is 3.71. The summed E-state index contributed by atoms with van der Waals surface area (Å²) in [7, 11) is 0. The Bertz CT molecular complexity index is 211. The molecule has 0 aromatic heterocycles. The first-order valence-corrected chi connectivity index (χ1v) is 7.77. The molecule has 0 amide bonds. The number of nitrogens with one attached hydrogen (secondary N) is 1. The molecule has 2 unspecified atom stereocenters. The predicted octanol–water partition coefficient (Wildman–Crippen LogP) is 3.03. The van der Waals surface area contributed by atoms with Crippen LogP contribution in [0.25, 0.3) is 0 Å². The van der Waals surface area contributed by atoms with Gasteiger partial charge >= 0.3 is 0 Å². The molecule has 2 atom stereocenters. The number of nitrogens with zero attached hydrogens (tertiary/aromatic N) is 1. The molecule has 1 aliphatic heterocycles. The standard InChI is InChI=1S/C15H30N2/c1-3-17(15-7-5-4-6-8-15)12-14-11-13(2)9-10-16-14/h13-16H,3-12H2,1-2H3. The molecule has 0 spiro atoms. The summed E-state index contributed by atoms with van der Waals surface area (Å²) in [6.45, 7) is 8.49. The summed E-state index contributed by atoms with van der Waals surface area (Å²) in [5.74, 6) is 0.923. The highest BCUT2D eigenvalue weighted by molar-refractivity contribution is 4.83. The monoisotopic (exact) mass is 238 g/mol. The predicted molar refractivity (Wildman–Crippen MR) is 74.3 cm³/mol. The van der Waals surface area contributed by atoms with Gasteiger partial charge in [0.15, 0.2) is 0 Å². The van der Waals surface area contributed by atoms with Crippen LogP contribution in [0.3, 0.4) is 0 Å². The molecule has 2 nitrogen and oxygen atoms in total. The van der Waals surface area contributed by atoms with Crippen LogP contribution in [0, 0.1) is 5.92 Å². The van der Waals surface area contributed by atoms with E-state index < -0.39 is 0 Å². The quantitative estimate of drug-likeness (QED) is 0.810. The Morgan fingerprint density at radius 2 is 1.88 bits per heavy atom. The minimum absolute atomic E-state index is 0.751.